The first-order chi connectivity index (χ1) is 4.61. The molecule has 0 heterocycles. The van der Waals surface area contributed by atoms with Gasteiger partial charge in [0.05, 0.1) is 0 Å². The average Bonchev–Trinajstić information content (AvgIpc) is 1.84. The van der Waals surface area contributed by atoms with E-state index >= 15 is 0 Å². The zero-order valence-corrected chi connectivity index (χ0v) is 20.5. The van der Waals surface area contributed by atoms with Gasteiger partial charge in [-0.15, -0.1) is 50.5 Å². The fourth-order valence-corrected chi connectivity index (χ4v) is 1.53. The molecule has 0 aliphatic carbocycles. The van der Waals surface area contributed by atoms with E-state index in [1.807, 2.05) is 12.1 Å². The summed E-state index contributed by atoms with van der Waals surface area (Å²) in [6, 6.07) is 3.63. The number of benzene rings is 1. The van der Waals surface area contributed by atoms with E-state index in [2.05, 4.69) is 50.5 Å². The molecule has 1 aromatic carbocycles. The molecule has 0 nitrogen and oxygen atoms in total. The summed E-state index contributed by atoms with van der Waals surface area (Å²) in [7, 11) is 0. The molecule has 0 saturated carbocycles. The Kier molecular flexibility index (Phi) is 27.1. The van der Waals surface area contributed by atoms with Crippen molar-refractivity contribution in [1.82, 2.24) is 0 Å². The van der Waals surface area contributed by atoms with E-state index in [9.17, 15) is 0 Å². The normalized spacial score (nSPS) is 7.14. The van der Waals surface area contributed by atoms with Gasteiger partial charge >= 0.3 is 118 Å². The Labute approximate surface area is 202 Å². The molecule has 0 fully saturated rings. The molecule has 62 valence electrons. The summed E-state index contributed by atoms with van der Waals surface area (Å²) >= 11 is 16.6. The van der Waals surface area contributed by atoms with Gasteiger partial charge in [-0.05, 0) is 12.1 Å². The van der Waals surface area contributed by atoms with E-state index in [1.165, 1.54) is 0 Å². The summed E-state index contributed by atoms with van der Waals surface area (Å²) in [6.07, 6.45) is 0. The maximum Gasteiger partial charge on any atom is 1.00 e. The van der Waals surface area contributed by atoms with Gasteiger partial charge in [0.1, 0.15) is 0 Å². The van der Waals surface area contributed by atoms with E-state index in [0.717, 1.165) is 19.6 Å². The van der Waals surface area contributed by atoms with Crippen LogP contribution in [0.4, 0.5) is 0 Å². The van der Waals surface area contributed by atoms with Gasteiger partial charge in [0.15, 0.2) is 0 Å². The van der Waals surface area contributed by atoms with Crippen molar-refractivity contribution in [2.24, 2.45) is 0 Å². The number of thiol groups is 4. The van der Waals surface area contributed by atoms with Crippen LogP contribution in [0.1, 0.15) is 5.71 Å². The fourth-order valence-electron chi connectivity index (χ4n) is 0.555. The molecule has 1 aromatic rings. The summed E-state index contributed by atoms with van der Waals surface area (Å²) in [6.45, 7) is 0. The van der Waals surface area contributed by atoms with Crippen LogP contribution in [0.15, 0.2) is 31.7 Å². The van der Waals surface area contributed by atoms with Crippen LogP contribution < -0.4 is 118 Å². The molecule has 0 aromatic heterocycles. The quantitative estimate of drug-likeness (QED) is 0.266. The van der Waals surface area contributed by atoms with Crippen molar-refractivity contribution < 1.29 is 124 Å². The van der Waals surface area contributed by atoms with Crippen LogP contribution in [0.2, 0.25) is 0 Å². The topological polar surface area (TPSA) is 0 Å². The molecule has 0 N–H and O–H groups in total. The molecule has 0 unspecified atom stereocenters. The van der Waals surface area contributed by atoms with Crippen molar-refractivity contribution in [3.05, 3.63) is 12.1 Å². The molecule has 0 amide bonds. The van der Waals surface area contributed by atoms with Crippen LogP contribution in [-0.4, -0.2) is 0 Å². The molecule has 0 atom stereocenters. The Morgan fingerprint density at radius 2 is 0.714 bits per heavy atom. The van der Waals surface area contributed by atoms with Crippen molar-refractivity contribution in [2.45, 2.75) is 19.6 Å². The number of rotatable bonds is 0. The molecule has 8 heteroatoms. The molecule has 0 bridgehead atoms. The maximum atomic E-state index is 4.16. The van der Waals surface area contributed by atoms with Gasteiger partial charge in [0.25, 0.3) is 0 Å². The van der Waals surface area contributed by atoms with E-state index in [1.54, 1.807) is 0 Å². The Hall–Kier alpha value is 4.62. The van der Waals surface area contributed by atoms with Crippen molar-refractivity contribution in [3.8, 4) is 0 Å². The molecule has 0 radical (unpaired) electrons. The second-order valence-electron chi connectivity index (χ2n) is 1.83. The molecule has 0 spiro atoms. The van der Waals surface area contributed by atoms with Gasteiger partial charge in [-0.3, -0.25) is 0 Å². The fraction of sp³-hybridized carbons (Fsp3) is 0. The van der Waals surface area contributed by atoms with E-state index in [0.29, 0.717) is 0 Å². The third kappa shape index (κ3) is 9.54. The van der Waals surface area contributed by atoms with Crippen LogP contribution in [0.3, 0.4) is 0 Å². The molecule has 0 aliphatic rings. The Morgan fingerprint density at radius 1 is 0.571 bits per heavy atom. The van der Waals surface area contributed by atoms with Crippen LogP contribution in [0.5, 0.6) is 0 Å². The zero-order valence-electron chi connectivity index (χ0n) is 12.9. The molecule has 0 saturated heterocycles. The van der Waals surface area contributed by atoms with Crippen LogP contribution >= 0.6 is 50.5 Å². The molecule has 0 aliphatic heterocycles. The van der Waals surface area contributed by atoms with Gasteiger partial charge in [0.2, 0.25) is 0 Å². The average molecular weight is 302 g/mol. The minimum absolute atomic E-state index is 0. The predicted octanol–water partition coefficient (Wildman–Crippen LogP) is -8.69. The second kappa shape index (κ2) is 14.0. The number of hydrogen-bond acceptors (Lipinski definition) is 4. The minimum atomic E-state index is 0. The Bertz CT molecular complexity index is 232. The van der Waals surface area contributed by atoms with E-state index < -0.39 is 0 Å². The molecule has 14 heavy (non-hydrogen) atoms. The summed E-state index contributed by atoms with van der Waals surface area (Å²) in [4.78, 5) is 3.30. The third-order valence-electron chi connectivity index (χ3n) is 1.07. The largest absolute Gasteiger partial charge is 1.00 e. The second-order valence-corrected chi connectivity index (χ2v) is 3.76. The van der Waals surface area contributed by atoms with Crippen LogP contribution in [0, 0.1) is 0 Å². The smallest absolute Gasteiger partial charge is 1.00 e. The molecular formula is C6H10Na4S4. The van der Waals surface area contributed by atoms with Crippen molar-refractivity contribution in [3.63, 3.8) is 0 Å². The summed E-state index contributed by atoms with van der Waals surface area (Å²) in [5, 5.41) is 0. The van der Waals surface area contributed by atoms with Gasteiger partial charge in [-0.1, -0.05) is 0 Å². The van der Waals surface area contributed by atoms with Gasteiger partial charge in [-0.25, -0.2) is 0 Å². The Morgan fingerprint density at radius 3 is 0.857 bits per heavy atom. The van der Waals surface area contributed by atoms with Crippen molar-refractivity contribution >= 4 is 50.5 Å². The Balaban J connectivity index is -0.0000000208. The van der Waals surface area contributed by atoms with Crippen LogP contribution in [0.25, 0.3) is 0 Å². The maximum absolute atomic E-state index is 4.16. The monoisotopic (exact) mass is 302 g/mol. The summed E-state index contributed by atoms with van der Waals surface area (Å²) in [5.74, 6) is 0. The molecule has 1 rings (SSSR count). The zero-order chi connectivity index (χ0) is 7.72. The molecular weight excluding hydrogens is 292 g/mol. The first-order valence-corrected chi connectivity index (χ1v) is 4.34. The van der Waals surface area contributed by atoms with Crippen LogP contribution in [-0.2, 0) is 0 Å². The van der Waals surface area contributed by atoms with Gasteiger partial charge < -0.3 is 5.71 Å². The SMILES string of the molecule is Sc1cc(S)c(S)cc1S.[H-].[H-].[H-].[H-].[Na+].[Na+].[Na+].[Na+]. The standard InChI is InChI=1S/C6H6S4.4Na.4H/c7-3-1-4(8)6(10)2-5(3)9;;;;;;;;/h1-2,7-10H;;;;;;;;/q;4*+1;4*-1. The van der Waals surface area contributed by atoms with Gasteiger partial charge in [-0.2, -0.15) is 0 Å². The van der Waals surface area contributed by atoms with Crippen molar-refractivity contribution in [1.29, 1.82) is 0 Å². The first kappa shape index (κ1) is 27.0. The third-order valence-corrected chi connectivity index (χ3v) is 2.90. The summed E-state index contributed by atoms with van der Waals surface area (Å²) < 4.78 is 0. The first-order valence-electron chi connectivity index (χ1n) is 2.55. The van der Waals surface area contributed by atoms with E-state index in [-0.39, 0.29) is 124 Å². The van der Waals surface area contributed by atoms with Gasteiger partial charge in [0, 0.05) is 19.6 Å². The number of hydrogen-bond donors (Lipinski definition) is 4. The summed E-state index contributed by atoms with van der Waals surface area (Å²) in [5.41, 5.74) is 0. The van der Waals surface area contributed by atoms with Crippen molar-refractivity contribution in [2.75, 3.05) is 0 Å². The van der Waals surface area contributed by atoms with E-state index in [4.69, 9.17) is 0 Å². The minimum Gasteiger partial charge on any atom is -1.00 e. The predicted molar refractivity (Wildman–Crippen MR) is 59.9 cm³/mol.